The van der Waals surface area contributed by atoms with Crippen molar-refractivity contribution in [3.63, 3.8) is 0 Å². The molecule has 1 aromatic carbocycles. The zero-order valence-electron chi connectivity index (χ0n) is 14.8. The molecule has 8 heteroatoms. The highest BCUT2D eigenvalue weighted by atomic mass is 32.2. The predicted octanol–water partition coefficient (Wildman–Crippen LogP) is 1.19. The summed E-state index contributed by atoms with van der Waals surface area (Å²) in [5.74, 6) is -0.290. The van der Waals surface area contributed by atoms with E-state index in [0.717, 1.165) is 5.56 Å². The fourth-order valence-corrected chi connectivity index (χ4v) is 4.53. The van der Waals surface area contributed by atoms with E-state index in [1.54, 1.807) is 33.0 Å². The number of rotatable bonds is 5. The van der Waals surface area contributed by atoms with E-state index in [9.17, 15) is 18.0 Å². The van der Waals surface area contributed by atoms with Gasteiger partial charge in [0.25, 0.3) is 5.91 Å². The molecule has 2 unspecified atom stereocenters. The van der Waals surface area contributed by atoms with Gasteiger partial charge in [-0.1, -0.05) is 6.07 Å². The molecule has 1 aliphatic rings. The van der Waals surface area contributed by atoms with Crippen LogP contribution in [0.4, 0.5) is 0 Å². The molecule has 0 radical (unpaired) electrons. The van der Waals surface area contributed by atoms with Crippen LogP contribution >= 0.6 is 0 Å². The molecule has 0 N–H and O–H groups in total. The van der Waals surface area contributed by atoms with Crippen LogP contribution in [-0.4, -0.2) is 63.0 Å². The number of carbonyl (C=O) groups excluding carboxylic acids is 2. The van der Waals surface area contributed by atoms with E-state index < -0.39 is 21.9 Å². The minimum atomic E-state index is -3.07. The van der Waals surface area contributed by atoms with Gasteiger partial charge in [0.2, 0.25) is 0 Å². The van der Waals surface area contributed by atoms with Gasteiger partial charge in [0, 0.05) is 13.1 Å². The van der Waals surface area contributed by atoms with Crippen molar-refractivity contribution in [2.24, 2.45) is 0 Å². The first-order valence-corrected chi connectivity index (χ1v) is 9.79. The Balaban J connectivity index is 2.09. The van der Waals surface area contributed by atoms with Crippen molar-refractivity contribution < 1.29 is 27.5 Å². The van der Waals surface area contributed by atoms with Crippen molar-refractivity contribution in [2.75, 3.05) is 25.7 Å². The zero-order chi connectivity index (χ0) is 18.8. The summed E-state index contributed by atoms with van der Waals surface area (Å²) in [7, 11) is -0.190. The van der Waals surface area contributed by atoms with Gasteiger partial charge in [0.05, 0.1) is 24.2 Å². The Morgan fingerprint density at radius 3 is 2.56 bits per heavy atom. The van der Waals surface area contributed by atoms with Gasteiger partial charge in [0.1, 0.15) is 5.75 Å². The first-order chi connectivity index (χ1) is 11.6. The summed E-state index contributed by atoms with van der Waals surface area (Å²) < 4.78 is 33.6. The summed E-state index contributed by atoms with van der Waals surface area (Å²) in [5, 5.41) is 0. The van der Waals surface area contributed by atoms with E-state index in [2.05, 4.69) is 4.74 Å². The number of nitrogens with zero attached hydrogens (tertiary/aromatic N) is 1. The van der Waals surface area contributed by atoms with Crippen molar-refractivity contribution in [1.29, 1.82) is 0 Å². The van der Waals surface area contributed by atoms with Gasteiger partial charge in [-0.25, -0.2) is 13.2 Å². The van der Waals surface area contributed by atoms with Gasteiger partial charge in [-0.05, 0) is 38.0 Å². The largest absolute Gasteiger partial charge is 0.481 e. The molecule has 1 aliphatic heterocycles. The van der Waals surface area contributed by atoms with Crippen LogP contribution in [0.2, 0.25) is 0 Å². The highest BCUT2D eigenvalue weighted by Gasteiger charge is 2.34. The molecule has 2 rings (SSSR count). The molecule has 0 aliphatic carbocycles. The lowest BCUT2D eigenvalue weighted by molar-refractivity contribution is -0.138. The number of hydrogen-bond acceptors (Lipinski definition) is 6. The normalized spacial score (nSPS) is 19.9. The third-order valence-corrected chi connectivity index (χ3v) is 6.11. The van der Waals surface area contributed by atoms with E-state index >= 15 is 0 Å². The average Bonchev–Trinajstić information content (AvgIpc) is 2.94. The Morgan fingerprint density at radius 1 is 1.32 bits per heavy atom. The molecule has 1 heterocycles. The van der Waals surface area contributed by atoms with Crippen LogP contribution in [0.1, 0.15) is 29.3 Å². The highest BCUT2D eigenvalue weighted by Crippen LogP contribution is 2.23. The fourth-order valence-electron chi connectivity index (χ4n) is 2.76. The van der Waals surface area contributed by atoms with Gasteiger partial charge in [-0.3, -0.25) is 4.79 Å². The van der Waals surface area contributed by atoms with Crippen LogP contribution in [0.15, 0.2) is 18.2 Å². The zero-order valence-corrected chi connectivity index (χ0v) is 15.6. The Labute approximate surface area is 147 Å². The molecule has 0 saturated carbocycles. The summed E-state index contributed by atoms with van der Waals surface area (Å²) in [4.78, 5) is 25.6. The Hall–Kier alpha value is -2.09. The summed E-state index contributed by atoms with van der Waals surface area (Å²) in [6.07, 6.45) is -0.367. The number of ether oxygens (including phenoxy) is 2. The topological polar surface area (TPSA) is 90.0 Å². The standard InChI is InChI=1S/C17H23NO6S/c1-11-5-6-13(17(20)23-4)9-15(11)24-12(2)16(19)18(3)14-7-8-25(21,22)10-14/h5-6,9,12,14H,7-8,10H2,1-4H3. The predicted molar refractivity (Wildman–Crippen MR) is 92.4 cm³/mol. The maximum Gasteiger partial charge on any atom is 0.337 e. The SMILES string of the molecule is COC(=O)c1ccc(C)c(OC(C)C(=O)N(C)C2CCS(=O)(=O)C2)c1. The first kappa shape index (κ1) is 19.2. The minimum absolute atomic E-state index is 0.0151. The van der Waals surface area contributed by atoms with Crippen LogP contribution in [0.5, 0.6) is 5.75 Å². The molecular formula is C17H23NO6S. The quantitative estimate of drug-likeness (QED) is 0.725. The first-order valence-electron chi connectivity index (χ1n) is 7.97. The number of likely N-dealkylation sites (N-methyl/N-ethyl adjacent to an activating group) is 1. The summed E-state index contributed by atoms with van der Waals surface area (Å²) in [6.45, 7) is 3.41. The van der Waals surface area contributed by atoms with E-state index in [1.165, 1.54) is 18.1 Å². The van der Waals surface area contributed by atoms with Gasteiger partial charge in [0.15, 0.2) is 15.9 Å². The van der Waals surface area contributed by atoms with Gasteiger partial charge in [-0.2, -0.15) is 0 Å². The molecule has 25 heavy (non-hydrogen) atoms. The Morgan fingerprint density at radius 2 is 2.00 bits per heavy atom. The molecular weight excluding hydrogens is 346 g/mol. The Bertz CT molecular complexity index is 773. The second kappa shape index (κ2) is 7.43. The number of sulfone groups is 1. The third kappa shape index (κ3) is 4.50. The molecule has 1 saturated heterocycles. The lowest BCUT2D eigenvalue weighted by atomic mass is 10.1. The number of methoxy groups -OCH3 is 1. The fraction of sp³-hybridized carbons (Fsp3) is 0.529. The van der Waals surface area contributed by atoms with Gasteiger partial charge >= 0.3 is 5.97 Å². The minimum Gasteiger partial charge on any atom is -0.481 e. The van der Waals surface area contributed by atoms with Crippen LogP contribution in [0, 0.1) is 6.92 Å². The van der Waals surface area contributed by atoms with Crippen molar-refractivity contribution >= 4 is 21.7 Å². The summed E-state index contributed by atoms with van der Waals surface area (Å²) in [5.41, 5.74) is 1.11. The molecule has 0 spiro atoms. The third-order valence-electron chi connectivity index (χ3n) is 4.36. The monoisotopic (exact) mass is 369 g/mol. The number of amides is 1. The van der Waals surface area contributed by atoms with E-state index in [-0.39, 0.29) is 23.5 Å². The number of hydrogen-bond donors (Lipinski definition) is 0. The van der Waals surface area contributed by atoms with Crippen LogP contribution in [0.25, 0.3) is 0 Å². The van der Waals surface area contributed by atoms with Crippen molar-refractivity contribution in [3.8, 4) is 5.75 Å². The lowest BCUT2D eigenvalue weighted by Crippen LogP contribution is -2.44. The van der Waals surface area contributed by atoms with Crippen molar-refractivity contribution in [1.82, 2.24) is 4.90 Å². The number of benzene rings is 1. The lowest BCUT2D eigenvalue weighted by Gasteiger charge is -2.27. The maximum absolute atomic E-state index is 12.5. The van der Waals surface area contributed by atoms with E-state index in [0.29, 0.717) is 17.7 Å². The molecule has 1 amide bonds. The second-order valence-corrected chi connectivity index (χ2v) is 8.47. The molecule has 0 aromatic heterocycles. The van der Waals surface area contributed by atoms with Gasteiger partial charge in [-0.15, -0.1) is 0 Å². The molecule has 1 aromatic rings. The smallest absolute Gasteiger partial charge is 0.337 e. The molecule has 138 valence electrons. The number of esters is 1. The molecule has 0 bridgehead atoms. The van der Waals surface area contributed by atoms with Crippen LogP contribution < -0.4 is 4.74 Å². The number of carbonyl (C=O) groups is 2. The van der Waals surface area contributed by atoms with Crippen LogP contribution in [0.3, 0.4) is 0 Å². The van der Waals surface area contributed by atoms with Gasteiger partial charge < -0.3 is 14.4 Å². The Kier molecular flexibility index (Phi) is 5.72. The van der Waals surface area contributed by atoms with E-state index in [4.69, 9.17) is 4.74 Å². The molecule has 2 atom stereocenters. The van der Waals surface area contributed by atoms with Crippen LogP contribution in [-0.2, 0) is 19.4 Å². The molecule has 7 nitrogen and oxygen atoms in total. The van der Waals surface area contributed by atoms with Crippen molar-refractivity contribution in [3.05, 3.63) is 29.3 Å². The summed E-state index contributed by atoms with van der Waals surface area (Å²) in [6, 6.07) is 4.54. The molecule has 1 fully saturated rings. The maximum atomic E-state index is 12.5. The van der Waals surface area contributed by atoms with E-state index in [1.807, 2.05) is 0 Å². The number of aryl methyl sites for hydroxylation is 1. The average molecular weight is 369 g/mol. The van der Waals surface area contributed by atoms with Crippen molar-refractivity contribution in [2.45, 2.75) is 32.4 Å². The second-order valence-electron chi connectivity index (χ2n) is 6.24. The summed E-state index contributed by atoms with van der Waals surface area (Å²) >= 11 is 0. The highest BCUT2D eigenvalue weighted by molar-refractivity contribution is 7.91.